The first kappa shape index (κ1) is 13.4. The second-order valence-corrected chi connectivity index (χ2v) is 6.34. The quantitative estimate of drug-likeness (QED) is 0.862. The number of anilines is 1. The van der Waals surface area contributed by atoms with Crippen LogP contribution in [0.3, 0.4) is 0 Å². The van der Waals surface area contributed by atoms with Crippen molar-refractivity contribution in [3.8, 4) is 0 Å². The first-order chi connectivity index (χ1) is 8.50. The zero-order valence-corrected chi connectivity index (χ0v) is 12.2. The van der Waals surface area contributed by atoms with Gasteiger partial charge in [-0.25, -0.2) is 0 Å². The van der Waals surface area contributed by atoms with Gasteiger partial charge in [0.25, 0.3) is 0 Å². The van der Waals surface area contributed by atoms with Crippen molar-refractivity contribution in [1.82, 2.24) is 5.32 Å². The van der Waals surface area contributed by atoms with Crippen LogP contribution in [-0.4, -0.2) is 25.7 Å². The van der Waals surface area contributed by atoms with Gasteiger partial charge in [-0.3, -0.25) is 0 Å². The zero-order chi connectivity index (χ0) is 13.2. The van der Waals surface area contributed by atoms with E-state index in [9.17, 15) is 0 Å². The maximum Gasteiger partial charge on any atom is 0.0369 e. The van der Waals surface area contributed by atoms with E-state index < -0.39 is 0 Å². The fourth-order valence-electron chi connectivity index (χ4n) is 2.54. The molecule has 2 nitrogen and oxygen atoms in total. The maximum absolute atomic E-state index is 3.65. The number of aryl methyl sites for hydroxylation is 1. The zero-order valence-electron chi connectivity index (χ0n) is 12.2. The summed E-state index contributed by atoms with van der Waals surface area (Å²) in [5, 5.41) is 3.65. The van der Waals surface area contributed by atoms with Crippen LogP contribution in [0.15, 0.2) is 24.3 Å². The standard InChI is InChI=1S/C16H26N2/c1-5-13-7-6-8-14(11-13)18-10-9-17-15(12-18)16(2,3)4/h6-8,11,15,17H,5,9-10,12H2,1-4H3. The maximum atomic E-state index is 3.65. The van der Waals surface area contributed by atoms with Crippen LogP contribution >= 0.6 is 0 Å². The lowest BCUT2D eigenvalue weighted by atomic mass is 9.85. The van der Waals surface area contributed by atoms with Crippen molar-refractivity contribution in [2.24, 2.45) is 5.41 Å². The fourth-order valence-corrected chi connectivity index (χ4v) is 2.54. The number of hydrogen-bond donors (Lipinski definition) is 1. The molecule has 0 amide bonds. The van der Waals surface area contributed by atoms with E-state index in [1.807, 2.05) is 0 Å². The minimum Gasteiger partial charge on any atom is -0.369 e. The summed E-state index contributed by atoms with van der Waals surface area (Å²) in [5.41, 5.74) is 3.13. The molecule has 0 aromatic heterocycles. The lowest BCUT2D eigenvalue weighted by Gasteiger charge is -2.41. The molecule has 1 saturated heterocycles. The summed E-state index contributed by atoms with van der Waals surface area (Å²) in [7, 11) is 0. The van der Waals surface area contributed by atoms with Crippen LogP contribution in [0.4, 0.5) is 5.69 Å². The van der Waals surface area contributed by atoms with Crippen LogP contribution in [0.1, 0.15) is 33.3 Å². The smallest absolute Gasteiger partial charge is 0.0369 e. The first-order valence-electron chi connectivity index (χ1n) is 7.08. The van der Waals surface area contributed by atoms with Crippen molar-refractivity contribution in [2.75, 3.05) is 24.5 Å². The Bertz CT molecular complexity index is 392. The first-order valence-corrected chi connectivity index (χ1v) is 7.08. The van der Waals surface area contributed by atoms with Crippen molar-refractivity contribution in [2.45, 2.75) is 40.2 Å². The van der Waals surface area contributed by atoms with E-state index in [0.717, 1.165) is 26.1 Å². The number of benzene rings is 1. The molecule has 1 aliphatic heterocycles. The Hall–Kier alpha value is -1.02. The summed E-state index contributed by atoms with van der Waals surface area (Å²) >= 11 is 0. The molecule has 18 heavy (non-hydrogen) atoms. The van der Waals surface area contributed by atoms with E-state index in [0.29, 0.717) is 11.5 Å². The second kappa shape index (κ2) is 5.31. The summed E-state index contributed by atoms with van der Waals surface area (Å²) in [6.07, 6.45) is 1.11. The van der Waals surface area contributed by atoms with E-state index in [1.165, 1.54) is 11.3 Å². The van der Waals surface area contributed by atoms with Gasteiger partial charge in [-0.15, -0.1) is 0 Å². The minimum atomic E-state index is 0.320. The average Bonchev–Trinajstić information content (AvgIpc) is 2.38. The van der Waals surface area contributed by atoms with Gasteiger partial charge in [-0.1, -0.05) is 39.8 Å². The molecule has 0 bridgehead atoms. The third-order valence-corrected chi connectivity index (χ3v) is 3.90. The Morgan fingerprint density at radius 2 is 2.11 bits per heavy atom. The molecule has 1 aliphatic rings. The van der Waals surface area contributed by atoms with E-state index in [1.54, 1.807) is 0 Å². The van der Waals surface area contributed by atoms with Gasteiger partial charge in [0.1, 0.15) is 0 Å². The van der Waals surface area contributed by atoms with Crippen molar-refractivity contribution in [1.29, 1.82) is 0 Å². The number of nitrogens with zero attached hydrogens (tertiary/aromatic N) is 1. The average molecular weight is 246 g/mol. The Labute approximate surface area is 111 Å². The molecule has 100 valence electrons. The number of piperazine rings is 1. The Morgan fingerprint density at radius 3 is 2.78 bits per heavy atom. The van der Waals surface area contributed by atoms with Crippen LogP contribution in [0.2, 0.25) is 0 Å². The van der Waals surface area contributed by atoms with Crippen molar-refractivity contribution < 1.29 is 0 Å². The Balaban J connectivity index is 2.13. The number of rotatable bonds is 2. The molecule has 0 spiro atoms. The topological polar surface area (TPSA) is 15.3 Å². The highest BCUT2D eigenvalue weighted by molar-refractivity contribution is 5.49. The highest BCUT2D eigenvalue weighted by Gasteiger charge is 2.29. The van der Waals surface area contributed by atoms with Crippen LogP contribution < -0.4 is 10.2 Å². The van der Waals surface area contributed by atoms with Crippen LogP contribution in [0.5, 0.6) is 0 Å². The molecule has 1 unspecified atom stereocenters. The van der Waals surface area contributed by atoms with Crippen LogP contribution in [-0.2, 0) is 6.42 Å². The third kappa shape index (κ3) is 3.05. The Kier molecular flexibility index (Phi) is 3.96. The van der Waals surface area contributed by atoms with Crippen molar-refractivity contribution >= 4 is 5.69 Å². The molecular weight excluding hydrogens is 220 g/mol. The highest BCUT2D eigenvalue weighted by Crippen LogP contribution is 2.25. The van der Waals surface area contributed by atoms with Gasteiger partial charge in [0.15, 0.2) is 0 Å². The molecule has 1 N–H and O–H groups in total. The molecule has 2 heteroatoms. The molecule has 1 aromatic carbocycles. The van der Waals surface area contributed by atoms with E-state index in [4.69, 9.17) is 0 Å². The predicted octanol–water partition coefficient (Wildman–Crippen LogP) is 3.07. The highest BCUT2D eigenvalue weighted by atomic mass is 15.2. The second-order valence-electron chi connectivity index (χ2n) is 6.34. The summed E-state index contributed by atoms with van der Waals surface area (Å²) in [4.78, 5) is 2.52. The van der Waals surface area contributed by atoms with Crippen LogP contribution in [0, 0.1) is 5.41 Å². The molecule has 1 aromatic rings. The Morgan fingerprint density at radius 1 is 1.33 bits per heavy atom. The van der Waals surface area contributed by atoms with Gasteiger partial charge < -0.3 is 10.2 Å². The van der Waals surface area contributed by atoms with Gasteiger partial charge in [0.2, 0.25) is 0 Å². The molecule has 0 aliphatic carbocycles. The summed E-state index contributed by atoms with van der Waals surface area (Å²) in [6.45, 7) is 12.5. The van der Waals surface area contributed by atoms with Crippen molar-refractivity contribution in [3.05, 3.63) is 29.8 Å². The minimum absolute atomic E-state index is 0.320. The van der Waals surface area contributed by atoms with Crippen LogP contribution in [0.25, 0.3) is 0 Å². The third-order valence-electron chi connectivity index (χ3n) is 3.90. The number of nitrogens with one attached hydrogen (secondary N) is 1. The van der Waals surface area contributed by atoms with Gasteiger partial charge in [0, 0.05) is 31.4 Å². The van der Waals surface area contributed by atoms with Gasteiger partial charge in [0.05, 0.1) is 0 Å². The largest absolute Gasteiger partial charge is 0.369 e. The lowest BCUT2D eigenvalue weighted by molar-refractivity contribution is 0.254. The summed E-state index contributed by atoms with van der Waals surface area (Å²) < 4.78 is 0. The monoisotopic (exact) mass is 246 g/mol. The normalized spacial score (nSPS) is 21.1. The summed E-state index contributed by atoms with van der Waals surface area (Å²) in [6, 6.07) is 9.54. The molecule has 1 fully saturated rings. The molecular formula is C16H26N2. The lowest BCUT2D eigenvalue weighted by Crippen LogP contribution is -2.56. The molecule has 2 rings (SSSR count). The number of hydrogen-bond acceptors (Lipinski definition) is 2. The van der Waals surface area contributed by atoms with Gasteiger partial charge in [-0.2, -0.15) is 0 Å². The van der Waals surface area contributed by atoms with E-state index in [2.05, 4.69) is 62.2 Å². The molecule has 1 atom stereocenters. The molecule has 1 heterocycles. The van der Waals surface area contributed by atoms with Gasteiger partial charge in [-0.05, 0) is 29.5 Å². The van der Waals surface area contributed by atoms with E-state index in [-0.39, 0.29) is 0 Å². The molecule has 0 radical (unpaired) electrons. The molecule has 0 saturated carbocycles. The predicted molar refractivity (Wildman–Crippen MR) is 79.3 cm³/mol. The van der Waals surface area contributed by atoms with Gasteiger partial charge >= 0.3 is 0 Å². The van der Waals surface area contributed by atoms with E-state index >= 15 is 0 Å². The fraction of sp³-hybridized carbons (Fsp3) is 0.625. The van der Waals surface area contributed by atoms with Crippen molar-refractivity contribution in [3.63, 3.8) is 0 Å². The summed E-state index contributed by atoms with van der Waals surface area (Å²) in [5.74, 6) is 0. The SMILES string of the molecule is CCc1cccc(N2CCNC(C(C)(C)C)C2)c1.